The Bertz CT molecular complexity index is 425. The van der Waals surface area contributed by atoms with Crippen molar-refractivity contribution >= 4 is 11.6 Å². The van der Waals surface area contributed by atoms with Crippen molar-refractivity contribution in [3.8, 4) is 0 Å². The number of amides is 1. The zero-order valence-electron chi connectivity index (χ0n) is 12.0. The van der Waals surface area contributed by atoms with Crippen LogP contribution in [0.5, 0.6) is 0 Å². The largest absolute Gasteiger partial charge is 0.396 e. The Kier molecular flexibility index (Phi) is 5.35. The van der Waals surface area contributed by atoms with Crippen molar-refractivity contribution in [3.05, 3.63) is 24.0 Å². The number of aliphatic hydroxyl groups excluding tert-OH is 1. The van der Waals surface area contributed by atoms with E-state index in [0.717, 1.165) is 31.5 Å². The van der Waals surface area contributed by atoms with Gasteiger partial charge in [-0.15, -0.1) is 0 Å². The highest BCUT2D eigenvalue weighted by molar-refractivity contribution is 5.92. The van der Waals surface area contributed by atoms with E-state index in [4.69, 9.17) is 5.11 Å². The second-order valence-corrected chi connectivity index (χ2v) is 5.28. The SMILES string of the molecule is CCCNc1ccc(C(=O)N2CCC(CO)CC2)nc1. The van der Waals surface area contributed by atoms with E-state index in [9.17, 15) is 4.79 Å². The number of pyridine rings is 1. The predicted molar refractivity (Wildman–Crippen MR) is 78.7 cm³/mol. The fraction of sp³-hybridized carbons (Fsp3) is 0.600. The standard InChI is InChI=1S/C15H23N3O2/c1-2-7-16-13-3-4-14(17-10-13)15(20)18-8-5-12(11-19)6-9-18/h3-4,10,12,16,19H,2,5-9,11H2,1H3. The number of carbonyl (C=O) groups is 1. The summed E-state index contributed by atoms with van der Waals surface area (Å²) in [4.78, 5) is 18.4. The van der Waals surface area contributed by atoms with E-state index in [1.807, 2.05) is 11.0 Å². The van der Waals surface area contributed by atoms with Crippen LogP contribution in [0.2, 0.25) is 0 Å². The van der Waals surface area contributed by atoms with Gasteiger partial charge in [-0.2, -0.15) is 0 Å². The minimum absolute atomic E-state index is 0.0107. The first-order chi connectivity index (χ1) is 9.74. The molecule has 2 heterocycles. The van der Waals surface area contributed by atoms with Crippen molar-refractivity contribution in [3.63, 3.8) is 0 Å². The minimum Gasteiger partial charge on any atom is -0.396 e. The van der Waals surface area contributed by atoms with Crippen molar-refractivity contribution in [2.45, 2.75) is 26.2 Å². The average molecular weight is 277 g/mol. The maximum Gasteiger partial charge on any atom is 0.272 e. The molecule has 2 rings (SSSR count). The van der Waals surface area contributed by atoms with Crippen molar-refractivity contribution in [2.75, 3.05) is 31.6 Å². The second-order valence-electron chi connectivity index (χ2n) is 5.28. The molecular weight excluding hydrogens is 254 g/mol. The molecule has 110 valence electrons. The first-order valence-electron chi connectivity index (χ1n) is 7.34. The van der Waals surface area contributed by atoms with Crippen LogP contribution >= 0.6 is 0 Å². The Labute approximate surface area is 120 Å². The topological polar surface area (TPSA) is 65.5 Å². The van der Waals surface area contributed by atoms with Gasteiger partial charge in [-0.3, -0.25) is 4.79 Å². The summed E-state index contributed by atoms with van der Waals surface area (Å²) in [5.41, 5.74) is 1.44. The van der Waals surface area contributed by atoms with Gasteiger partial charge in [0.15, 0.2) is 0 Å². The quantitative estimate of drug-likeness (QED) is 0.860. The van der Waals surface area contributed by atoms with E-state index >= 15 is 0 Å². The highest BCUT2D eigenvalue weighted by Crippen LogP contribution is 2.18. The van der Waals surface area contributed by atoms with Crippen LogP contribution in [-0.2, 0) is 0 Å². The molecule has 0 bridgehead atoms. The maximum absolute atomic E-state index is 12.3. The summed E-state index contributed by atoms with van der Waals surface area (Å²) in [6.07, 6.45) is 4.51. The fourth-order valence-electron chi connectivity index (χ4n) is 2.37. The van der Waals surface area contributed by atoms with Gasteiger partial charge in [0.2, 0.25) is 0 Å². The Morgan fingerprint density at radius 1 is 1.45 bits per heavy atom. The summed E-state index contributed by atoms with van der Waals surface area (Å²) in [6.45, 7) is 4.65. The Morgan fingerprint density at radius 2 is 2.20 bits per heavy atom. The second kappa shape index (κ2) is 7.24. The third-order valence-electron chi connectivity index (χ3n) is 3.72. The Balaban J connectivity index is 1.92. The molecule has 20 heavy (non-hydrogen) atoms. The molecule has 0 aliphatic carbocycles. The van der Waals surface area contributed by atoms with E-state index in [2.05, 4.69) is 17.2 Å². The van der Waals surface area contributed by atoms with E-state index in [1.54, 1.807) is 12.3 Å². The zero-order valence-corrected chi connectivity index (χ0v) is 12.0. The lowest BCUT2D eigenvalue weighted by molar-refractivity contribution is 0.0645. The summed E-state index contributed by atoms with van der Waals surface area (Å²) in [7, 11) is 0. The number of aliphatic hydroxyl groups is 1. The molecule has 1 saturated heterocycles. The molecule has 1 aliphatic heterocycles. The van der Waals surface area contributed by atoms with Crippen LogP contribution in [0.1, 0.15) is 36.7 Å². The molecule has 1 fully saturated rings. The summed E-state index contributed by atoms with van der Waals surface area (Å²) < 4.78 is 0. The molecule has 1 aliphatic rings. The van der Waals surface area contributed by atoms with Crippen molar-refractivity contribution in [1.82, 2.24) is 9.88 Å². The smallest absolute Gasteiger partial charge is 0.272 e. The first kappa shape index (κ1) is 14.8. The highest BCUT2D eigenvalue weighted by Gasteiger charge is 2.23. The lowest BCUT2D eigenvalue weighted by Crippen LogP contribution is -2.39. The number of nitrogens with one attached hydrogen (secondary N) is 1. The molecule has 5 heteroatoms. The molecule has 0 radical (unpaired) electrons. The molecular formula is C15H23N3O2. The van der Waals surface area contributed by atoms with Gasteiger partial charge in [0.25, 0.3) is 5.91 Å². The lowest BCUT2D eigenvalue weighted by atomic mass is 9.98. The first-order valence-corrected chi connectivity index (χ1v) is 7.34. The monoisotopic (exact) mass is 277 g/mol. The van der Waals surface area contributed by atoms with Gasteiger partial charge in [-0.05, 0) is 37.3 Å². The van der Waals surface area contributed by atoms with Crippen LogP contribution in [0.25, 0.3) is 0 Å². The van der Waals surface area contributed by atoms with Crippen molar-refractivity contribution in [2.24, 2.45) is 5.92 Å². The highest BCUT2D eigenvalue weighted by atomic mass is 16.3. The van der Waals surface area contributed by atoms with Crippen LogP contribution in [-0.4, -0.2) is 47.1 Å². The average Bonchev–Trinajstić information content (AvgIpc) is 2.53. The number of carbonyl (C=O) groups excluding carboxylic acids is 1. The van der Waals surface area contributed by atoms with Crippen molar-refractivity contribution in [1.29, 1.82) is 0 Å². The molecule has 2 N–H and O–H groups in total. The van der Waals surface area contributed by atoms with Gasteiger partial charge in [-0.25, -0.2) is 4.98 Å². The van der Waals surface area contributed by atoms with Gasteiger partial charge in [0.1, 0.15) is 5.69 Å². The number of likely N-dealkylation sites (tertiary alicyclic amines) is 1. The number of anilines is 1. The molecule has 0 atom stereocenters. The van der Waals surface area contributed by atoms with Crippen LogP contribution in [0, 0.1) is 5.92 Å². The zero-order chi connectivity index (χ0) is 14.4. The fourth-order valence-corrected chi connectivity index (χ4v) is 2.37. The number of aromatic nitrogens is 1. The Hall–Kier alpha value is -1.62. The summed E-state index contributed by atoms with van der Waals surface area (Å²) in [5.74, 6) is 0.330. The Morgan fingerprint density at radius 3 is 2.75 bits per heavy atom. The minimum atomic E-state index is -0.0107. The molecule has 1 amide bonds. The molecule has 1 aromatic heterocycles. The number of nitrogens with zero attached hydrogens (tertiary/aromatic N) is 2. The van der Waals surface area contributed by atoms with Gasteiger partial charge in [0.05, 0.1) is 11.9 Å². The van der Waals surface area contributed by atoms with E-state index in [0.29, 0.717) is 24.7 Å². The maximum atomic E-state index is 12.3. The number of hydrogen-bond donors (Lipinski definition) is 2. The summed E-state index contributed by atoms with van der Waals surface area (Å²) >= 11 is 0. The van der Waals surface area contributed by atoms with Gasteiger partial charge in [0, 0.05) is 26.2 Å². The van der Waals surface area contributed by atoms with E-state index < -0.39 is 0 Å². The third-order valence-corrected chi connectivity index (χ3v) is 3.72. The molecule has 0 aromatic carbocycles. The van der Waals surface area contributed by atoms with E-state index in [1.165, 1.54) is 0 Å². The number of piperidine rings is 1. The van der Waals surface area contributed by atoms with Gasteiger partial charge < -0.3 is 15.3 Å². The predicted octanol–water partition coefficient (Wildman–Crippen LogP) is 1.75. The van der Waals surface area contributed by atoms with Gasteiger partial charge >= 0.3 is 0 Å². The number of hydrogen-bond acceptors (Lipinski definition) is 4. The van der Waals surface area contributed by atoms with Crippen molar-refractivity contribution < 1.29 is 9.90 Å². The lowest BCUT2D eigenvalue weighted by Gasteiger charge is -2.30. The molecule has 5 nitrogen and oxygen atoms in total. The molecule has 0 unspecified atom stereocenters. The molecule has 0 saturated carbocycles. The molecule has 1 aromatic rings. The normalized spacial score (nSPS) is 16.2. The molecule has 0 spiro atoms. The summed E-state index contributed by atoms with van der Waals surface area (Å²) in [6, 6.07) is 3.68. The van der Waals surface area contributed by atoms with Crippen LogP contribution in [0.3, 0.4) is 0 Å². The summed E-state index contributed by atoms with van der Waals surface area (Å²) in [5, 5.41) is 12.3. The van der Waals surface area contributed by atoms with Crippen LogP contribution in [0.15, 0.2) is 18.3 Å². The third kappa shape index (κ3) is 3.70. The van der Waals surface area contributed by atoms with Crippen LogP contribution in [0.4, 0.5) is 5.69 Å². The van der Waals surface area contributed by atoms with Gasteiger partial charge in [-0.1, -0.05) is 6.92 Å². The van der Waals surface area contributed by atoms with E-state index in [-0.39, 0.29) is 12.5 Å². The van der Waals surface area contributed by atoms with Crippen LogP contribution < -0.4 is 5.32 Å². The number of rotatable bonds is 5.